The fourth-order valence-corrected chi connectivity index (χ4v) is 1.22. The molecule has 0 unspecified atom stereocenters. The second-order valence-corrected chi connectivity index (χ2v) is 2.79. The molecule has 1 aliphatic rings. The van der Waals surface area contributed by atoms with E-state index in [9.17, 15) is 4.39 Å². The summed E-state index contributed by atoms with van der Waals surface area (Å²) in [6.07, 6.45) is 0.691. The minimum absolute atomic E-state index is 0. The predicted octanol–water partition coefficient (Wildman–Crippen LogP) is 1.52. The smallest absolute Gasteiger partial charge is 0.0906 e. The third kappa shape index (κ3) is 4.02. The van der Waals surface area contributed by atoms with E-state index in [1.165, 1.54) is 0 Å². The first-order valence-electron chi connectivity index (χ1n) is 4.82. The van der Waals surface area contributed by atoms with Crippen molar-refractivity contribution in [1.82, 2.24) is 10.2 Å². The van der Waals surface area contributed by atoms with Gasteiger partial charge in [-0.15, -0.1) is 0 Å². The molecule has 0 aliphatic carbocycles. The highest BCUT2D eigenvalue weighted by atomic mass is 19.1. The maximum atomic E-state index is 11.7. The zero-order valence-corrected chi connectivity index (χ0v) is 8.44. The van der Waals surface area contributed by atoms with Gasteiger partial charge >= 0.3 is 0 Å². The fourth-order valence-electron chi connectivity index (χ4n) is 1.22. The van der Waals surface area contributed by atoms with Gasteiger partial charge in [-0.05, 0) is 13.5 Å². The van der Waals surface area contributed by atoms with Gasteiger partial charge in [-0.25, -0.2) is 0 Å². The Labute approximate surface area is 76.6 Å². The van der Waals surface area contributed by atoms with Gasteiger partial charge in [0.2, 0.25) is 0 Å². The third-order valence-electron chi connectivity index (χ3n) is 1.97. The van der Waals surface area contributed by atoms with Crippen LogP contribution in [-0.2, 0) is 0 Å². The molecule has 0 atom stereocenters. The quantitative estimate of drug-likeness (QED) is 0.702. The predicted molar refractivity (Wildman–Crippen MR) is 53.3 cm³/mol. The number of hydrogen-bond donors (Lipinski definition) is 1. The van der Waals surface area contributed by atoms with Crippen molar-refractivity contribution >= 4 is 0 Å². The van der Waals surface area contributed by atoms with E-state index in [1.807, 2.05) is 20.9 Å². The molecule has 0 bridgehead atoms. The second-order valence-electron chi connectivity index (χ2n) is 2.79. The SMILES string of the molecule is CC.CNC1CN(CCCF)C1.[HH]. The minimum atomic E-state index is -0.180. The highest BCUT2D eigenvalue weighted by Crippen LogP contribution is 2.06. The average molecular weight is 178 g/mol. The number of halogens is 1. The van der Waals surface area contributed by atoms with Crippen molar-refractivity contribution in [2.75, 3.05) is 33.4 Å². The Hall–Kier alpha value is -0.150. The van der Waals surface area contributed by atoms with Crippen molar-refractivity contribution in [1.29, 1.82) is 0 Å². The van der Waals surface area contributed by atoms with Gasteiger partial charge in [-0.1, -0.05) is 13.8 Å². The van der Waals surface area contributed by atoms with Crippen molar-refractivity contribution < 1.29 is 5.82 Å². The molecule has 1 saturated heterocycles. The standard InChI is InChI=1S/C7H15FN2.C2H6.H2/c1-9-7-5-10(6-7)4-2-3-8;1-2;/h7,9H,2-6H2,1H3;1-2H3;1H. The first-order valence-corrected chi connectivity index (χ1v) is 4.82. The van der Waals surface area contributed by atoms with Crippen molar-refractivity contribution in [2.45, 2.75) is 26.3 Å². The topological polar surface area (TPSA) is 15.3 Å². The maximum absolute atomic E-state index is 11.7. The Balaban J connectivity index is 0. The van der Waals surface area contributed by atoms with Gasteiger partial charge in [0.1, 0.15) is 0 Å². The Bertz CT molecular complexity index is 94.9. The molecule has 0 radical (unpaired) electrons. The van der Waals surface area contributed by atoms with Gasteiger partial charge in [0.15, 0.2) is 0 Å². The van der Waals surface area contributed by atoms with Gasteiger partial charge in [0.25, 0.3) is 0 Å². The highest BCUT2D eigenvalue weighted by molar-refractivity contribution is 4.83. The van der Waals surface area contributed by atoms with E-state index in [1.54, 1.807) is 0 Å². The molecule has 0 saturated carbocycles. The fraction of sp³-hybridized carbons (Fsp3) is 1.00. The molecule has 1 fully saturated rings. The van der Waals surface area contributed by atoms with E-state index in [-0.39, 0.29) is 8.10 Å². The molecule has 76 valence electrons. The van der Waals surface area contributed by atoms with Crippen LogP contribution >= 0.6 is 0 Å². The van der Waals surface area contributed by atoms with Crippen molar-refractivity contribution in [3.63, 3.8) is 0 Å². The summed E-state index contributed by atoms with van der Waals surface area (Å²) < 4.78 is 11.7. The third-order valence-corrected chi connectivity index (χ3v) is 1.97. The molecule has 0 aromatic carbocycles. The van der Waals surface area contributed by atoms with E-state index in [0.29, 0.717) is 12.5 Å². The largest absolute Gasteiger partial charge is 0.315 e. The number of rotatable bonds is 4. The van der Waals surface area contributed by atoms with E-state index in [0.717, 1.165) is 19.6 Å². The van der Waals surface area contributed by atoms with Crippen molar-refractivity contribution in [2.24, 2.45) is 0 Å². The molecule has 1 N–H and O–H groups in total. The summed E-state index contributed by atoms with van der Waals surface area (Å²) >= 11 is 0. The molecule has 2 nitrogen and oxygen atoms in total. The molecule has 1 heterocycles. The summed E-state index contributed by atoms with van der Waals surface area (Å²) in [6.45, 7) is 6.93. The van der Waals surface area contributed by atoms with Gasteiger partial charge in [0, 0.05) is 27.1 Å². The average Bonchev–Trinajstić information content (AvgIpc) is 2.06. The van der Waals surface area contributed by atoms with E-state index < -0.39 is 0 Å². The lowest BCUT2D eigenvalue weighted by atomic mass is 10.1. The van der Waals surface area contributed by atoms with Crippen LogP contribution in [0.2, 0.25) is 0 Å². The number of likely N-dealkylation sites (N-methyl/N-ethyl adjacent to an activating group) is 1. The van der Waals surface area contributed by atoms with Crippen LogP contribution in [0.4, 0.5) is 4.39 Å². The summed E-state index contributed by atoms with van der Waals surface area (Å²) in [4.78, 5) is 2.26. The molecular weight excluding hydrogens is 155 g/mol. The lowest BCUT2D eigenvalue weighted by Gasteiger charge is -2.38. The van der Waals surface area contributed by atoms with Crippen LogP contribution in [0.1, 0.15) is 21.7 Å². The van der Waals surface area contributed by atoms with Crippen LogP contribution in [0.3, 0.4) is 0 Å². The zero-order chi connectivity index (χ0) is 9.40. The van der Waals surface area contributed by atoms with Crippen LogP contribution in [0.15, 0.2) is 0 Å². The lowest BCUT2D eigenvalue weighted by molar-refractivity contribution is 0.127. The zero-order valence-electron chi connectivity index (χ0n) is 8.44. The molecule has 12 heavy (non-hydrogen) atoms. The molecule has 0 aromatic heterocycles. The molecular formula is C9H23FN2. The molecule has 1 rings (SSSR count). The summed E-state index contributed by atoms with van der Waals surface area (Å²) in [6, 6.07) is 0.652. The normalized spacial score (nSPS) is 18.0. The number of likely N-dealkylation sites (tertiary alicyclic amines) is 1. The summed E-state index contributed by atoms with van der Waals surface area (Å²) in [5.41, 5.74) is 0. The van der Waals surface area contributed by atoms with Crippen LogP contribution < -0.4 is 5.32 Å². The number of nitrogens with one attached hydrogen (secondary N) is 1. The van der Waals surface area contributed by atoms with Crippen LogP contribution in [0.25, 0.3) is 0 Å². The van der Waals surface area contributed by atoms with Crippen LogP contribution in [0.5, 0.6) is 0 Å². The number of nitrogens with zero attached hydrogens (tertiary/aromatic N) is 1. The molecule has 0 aromatic rings. The highest BCUT2D eigenvalue weighted by Gasteiger charge is 2.23. The lowest BCUT2D eigenvalue weighted by Crippen LogP contribution is -2.56. The Morgan fingerprint density at radius 1 is 1.50 bits per heavy atom. The van der Waals surface area contributed by atoms with E-state index in [4.69, 9.17) is 0 Å². The van der Waals surface area contributed by atoms with Crippen molar-refractivity contribution in [3.8, 4) is 0 Å². The first kappa shape index (κ1) is 11.8. The summed E-state index contributed by atoms with van der Waals surface area (Å²) in [7, 11) is 1.97. The number of alkyl halides is 1. The maximum Gasteiger partial charge on any atom is 0.0906 e. The van der Waals surface area contributed by atoms with Gasteiger partial charge in [-0.3, -0.25) is 4.39 Å². The molecule has 1 aliphatic heterocycles. The van der Waals surface area contributed by atoms with Gasteiger partial charge in [0.05, 0.1) is 6.67 Å². The Kier molecular flexibility index (Phi) is 7.40. The number of hydrogen-bond acceptors (Lipinski definition) is 2. The second kappa shape index (κ2) is 7.50. The van der Waals surface area contributed by atoms with Gasteiger partial charge in [-0.2, -0.15) is 0 Å². The van der Waals surface area contributed by atoms with E-state index in [2.05, 4.69) is 10.2 Å². The monoisotopic (exact) mass is 178 g/mol. The first-order chi connectivity index (χ1) is 5.86. The Morgan fingerprint density at radius 3 is 2.50 bits per heavy atom. The van der Waals surface area contributed by atoms with E-state index >= 15 is 0 Å². The van der Waals surface area contributed by atoms with Crippen LogP contribution in [-0.4, -0.2) is 44.3 Å². The molecule has 3 heteroatoms. The minimum Gasteiger partial charge on any atom is -0.315 e. The Morgan fingerprint density at radius 2 is 2.08 bits per heavy atom. The summed E-state index contributed by atoms with van der Waals surface area (Å²) in [5, 5.41) is 3.17. The van der Waals surface area contributed by atoms with Crippen molar-refractivity contribution in [3.05, 3.63) is 0 Å². The van der Waals surface area contributed by atoms with Crippen LogP contribution in [0, 0.1) is 0 Å². The molecule has 0 amide bonds. The molecule has 0 spiro atoms. The van der Waals surface area contributed by atoms with Gasteiger partial charge < -0.3 is 10.2 Å². The summed E-state index contributed by atoms with van der Waals surface area (Å²) in [5.74, 6) is 0.